The van der Waals surface area contributed by atoms with Gasteiger partial charge in [0.25, 0.3) is 5.91 Å². The summed E-state index contributed by atoms with van der Waals surface area (Å²) in [5.74, 6) is -1.45. The summed E-state index contributed by atoms with van der Waals surface area (Å²) in [5, 5.41) is -0.0312. The minimum atomic E-state index is -0.654. The summed E-state index contributed by atoms with van der Waals surface area (Å²) >= 11 is 5.66. The van der Waals surface area contributed by atoms with Crippen molar-refractivity contribution in [3.05, 3.63) is 40.7 Å². The van der Waals surface area contributed by atoms with Crippen LogP contribution in [0.4, 0.5) is 4.39 Å². The maximum atomic E-state index is 13.0. The average molecular weight is 356 g/mol. The Hall–Kier alpha value is -1.92. The summed E-state index contributed by atoms with van der Waals surface area (Å²) in [6.45, 7) is 4.40. The number of carbonyl (C=O) groups is 2. The van der Waals surface area contributed by atoms with E-state index in [2.05, 4.69) is 0 Å². The summed E-state index contributed by atoms with van der Waals surface area (Å²) in [4.78, 5) is 25.4. The fraction of sp³-hybridized carbons (Fsp3) is 0.412. The summed E-state index contributed by atoms with van der Waals surface area (Å²) in [6.07, 6.45) is 2.52. The third-order valence-electron chi connectivity index (χ3n) is 3.47. The largest absolute Gasteiger partial charge is 0.452 e. The van der Waals surface area contributed by atoms with Crippen LogP contribution in [0.25, 0.3) is 6.08 Å². The predicted octanol–water partition coefficient (Wildman–Crippen LogP) is 2.67. The van der Waals surface area contributed by atoms with Gasteiger partial charge in [-0.15, -0.1) is 0 Å². The Bertz CT molecular complexity index is 639. The molecule has 1 amide bonds. The molecule has 0 saturated carbocycles. The van der Waals surface area contributed by atoms with E-state index in [-0.39, 0.29) is 29.7 Å². The van der Waals surface area contributed by atoms with Crippen molar-refractivity contribution < 1.29 is 23.5 Å². The second-order valence-corrected chi connectivity index (χ2v) is 6.08. The molecule has 130 valence electrons. The first kappa shape index (κ1) is 18.4. The van der Waals surface area contributed by atoms with Crippen molar-refractivity contribution in [3.8, 4) is 0 Å². The van der Waals surface area contributed by atoms with E-state index in [1.54, 1.807) is 4.90 Å². The van der Waals surface area contributed by atoms with Crippen LogP contribution in [0.3, 0.4) is 0 Å². The molecule has 24 heavy (non-hydrogen) atoms. The molecule has 1 aliphatic heterocycles. The van der Waals surface area contributed by atoms with E-state index in [0.29, 0.717) is 18.7 Å². The van der Waals surface area contributed by atoms with Gasteiger partial charge in [0.2, 0.25) is 0 Å². The SMILES string of the molecule is C[C@H]1CN(C(=O)COC(=O)/C=C/c2ccc(F)c(Cl)c2)C[C@H](C)O1. The van der Waals surface area contributed by atoms with Crippen LogP contribution >= 0.6 is 11.6 Å². The molecule has 1 fully saturated rings. The smallest absolute Gasteiger partial charge is 0.331 e. The molecule has 1 aromatic carbocycles. The second-order valence-electron chi connectivity index (χ2n) is 5.67. The number of benzene rings is 1. The van der Waals surface area contributed by atoms with Crippen LogP contribution in [0.15, 0.2) is 24.3 Å². The van der Waals surface area contributed by atoms with Gasteiger partial charge in [-0.25, -0.2) is 9.18 Å². The molecule has 0 radical (unpaired) electrons. The lowest BCUT2D eigenvalue weighted by molar-refractivity contribution is -0.154. The van der Waals surface area contributed by atoms with Gasteiger partial charge in [-0.3, -0.25) is 4.79 Å². The normalized spacial score (nSPS) is 21.1. The minimum absolute atomic E-state index is 0.0312. The number of carbonyl (C=O) groups excluding carboxylic acids is 2. The van der Waals surface area contributed by atoms with E-state index in [1.807, 2.05) is 13.8 Å². The summed E-state index contributed by atoms with van der Waals surface area (Å²) in [5.41, 5.74) is 0.556. The Morgan fingerprint density at radius 3 is 2.67 bits per heavy atom. The van der Waals surface area contributed by atoms with Crippen molar-refractivity contribution in [2.24, 2.45) is 0 Å². The number of hydrogen-bond donors (Lipinski definition) is 0. The number of esters is 1. The Morgan fingerprint density at radius 2 is 2.04 bits per heavy atom. The molecule has 0 aliphatic carbocycles. The van der Waals surface area contributed by atoms with Crippen LogP contribution in [-0.2, 0) is 19.1 Å². The highest BCUT2D eigenvalue weighted by molar-refractivity contribution is 6.30. The number of rotatable bonds is 4. The van der Waals surface area contributed by atoms with Gasteiger partial charge in [-0.05, 0) is 37.6 Å². The van der Waals surface area contributed by atoms with Gasteiger partial charge in [-0.2, -0.15) is 0 Å². The van der Waals surface area contributed by atoms with Gasteiger partial charge in [-0.1, -0.05) is 17.7 Å². The molecule has 1 aromatic rings. The number of morpholine rings is 1. The van der Waals surface area contributed by atoms with Crippen LogP contribution in [0.2, 0.25) is 5.02 Å². The molecule has 0 unspecified atom stereocenters. The first-order valence-corrected chi connectivity index (χ1v) is 7.96. The van der Waals surface area contributed by atoms with Crippen LogP contribution in [-0.4, -0.2) is 48.7 Å². The van der Waals surface area contributed by atoms with E-state index in [4.69, 9.17) is 21.1 Å². The standard InChI is InChI=1S/C17H19ClFNO4/c1-11-8-20(9-12(2)24-11)16(21)10-23-17(22)6-4-13-3-5-15(19)14(18)7-13/h3-7,11-12H,8-10H2,1-2H3/b6-4+/t11-,12-/m0/s1. The first-order valence-electron chi connectivity index (χ1n) is 7.58. The van der Waals surface area contributed by atoms with Gasteiger partial charge in [0.15, 0.2) is 6.61 Å². The fourth-order valence-electron chi connectivity index (χ4n) is 2.43. The van der Waals surface area contributed by atoms with Gasteiger partial charge < -0.3 is 14.4 Å². The quantitative estimate of drug-likeness (QED) is 0.615. The van der Waals surface area contributed by atoms with E-state index < -0.39 is 11.8 Å². The molecular formula is C17H19ClFNO4. The molecule has 1 heterocycles. The van der Waals surface area contributed by atoms with Crippen molar-refractivity contribution in [1.29, 1.82) is 0 Å². The number of nitrogens with zero attached hydrogens (tertiary/aromatic N) is 1. The lowest BCUT2D eigenvalue weighted by atomic mass is 10.2. The summed E-state index contributed by atoms with van der Waals surface area (Å²) in [7, 11) is 0. The molecule has 5 nitrogen and oxygen atoms in total. The lowest BCUT2D eigenvalue weighted by Crippen LogP contribution is -2.49. The van der Waals surface area contributed by atoms with Crippen molar-refractivity contribution in [2.45, 2.75) is 26.1 Å². The van der Waals surface area contributed by atoms with Crippen LogP contribution < -0.4 is 0 Å². The average Bonchev–Trinajstić information content (AvgIpc) is 2.52. The third kappa shape index (κ3) is 5.32. The highest BCUT2D eigenvalue weighted by Gasteiger charge is 2.26. The number of hydrogen-bond acceptors (Lipinski definition) is 4. The summed E-state index contributed by atoms with van der Waals surface area (Å²) < 4.78 is 23.5. The zero-order valence-electron chi connectivity index (χ0n) is 13.5. The molecule has 0 N–H and O–H groups in total. The van der Waals surface area contributed by atoms with Crippen molar-refractivity contribution in [3.63, 3.8) is 0 Å². The summed E-state index contributed by atoms with van der Waals surface area (Å²) in [6, 6.07) is 4.08. The van der Waals surface area contributed by atoms with Crippen LogP contribution in [0.5, 0.6) is 0 Å². The topological polar surface area (TPSA) is 55.8 Å². The second kappa shape index (κ2) is 8.26. The lowest BCUT2D eigenvalue weighted by Gasteiger charge is -2.35. The molecule has 7 heteroatoms. The Balaban J connectivity index is 1.83. The van der Waals surface area contributed by atoms with Crippen molar-refractivity contribution in [1.82, 2.24) is 4.90 Å². The monoisotopic (exact) mass is 355 g/mol. The Morgan fingerprint density at radius 1 is 1.38 bits per heavy atom. The molecule has 2 atom stereocenters. The van der Waals surface area contributed by atoms with Gasteiger partial charge in [0.1, 0.15) is 5.82 Å². The highest BCUT2D eigenvalue weighted by Crippen LogP contribution is 2.17. The van der Waals surface area contributed by atoms with Gasteiger partial charge >= 0.3 is 5.97 Å². The molecule has 0 aromatic heterocycles. The Labute approximate surface area is 145 Å². The molecule has 2 rings (SSSR count). The Kier molecular flexibility index (Phi) is 6.34. The van der Waals surface area contributed by atoms with Gasteiger partial charge in [0, 0.05) is 19.2 Å². The molecule has 1 saturated heterocycles. The van der Waals surface area contributed by atoms with Crippen molar-refractivity contribution in [2.75, 3.05) is 19.7 Å². The van der Waals surface area contributed by atoms with E-state index in [0.717, 1.165) is 0 Å². The number of halogens is 2. The highest BCUT2D eigenvalue weighted by atomic mass is 35.5. The first-order chi connectivity index (χ1) is 11.3. The predicted molar refractivity (Wildman–Crippen MR) is 88.0 cm³/mol. The maximum Gasteiger partial charge on any atom is 0.331 e. The number of amides is 1. The number of ether oxygens (including phenoxy) is 2. The van der Waals surface area contributed by atoms with Crippen molar-refractivity contribution >= 4 is 29.6 Å². The molecule has 1 aliphatic rings. The van der Waals surface area contributed by atoms with Crippen LogP contribution in [0.1, 0.15) is 19.4 Å². The molecule has 0 bridgehead atoms. The molecule has 0 spiro atoms. The minimum Gasteiger partial charge on any atom is -0.452 e. The van der Waals surface area contributed by atoms with E-state index in [1.165, 1.54) is 30.4 Å². The van der Waals surface area contributed by atoms with Crippen LogP contribution in [0, 0.1) is 5.82 Å². The third-order valence-corrected chi connectivity index (χ3v) is 3.76. The van der Waals surface area contributed by atoms with Gasteiger partial charge in [0.05, 0.1) is 17.2 Å². The zero-order chi connectivity index (χ0) is 17.7. The molecular weight excluding hydrogens is 337 g/mol. The maximum absolute atomic E-state index is 13.0. The van der Waals surface area contributed by atoms with E-state index >= 15 is 0 Å². The zero-order valence-corrected chi connectivity index (χ0v) is 14.3. The fourth-order valence-corrected chi connectivity index (χ4v) is 2.62. The van der Waals surface area contributed by atoms with E-state index in [9.17, 15) is 14.0 Å².